The van der Waals surface area contributed by atoms with Crippen molar-refractivity contribution in [3.8, 4) is 5.69 Å². The lowest BCUT2D eigenvalue weighted by Crippen LogP contribution is -2.13. The predicted octanol–water partition coefficient (Wildman–Crippen LogP) is 2.07. The van der Waals surface area contributed by atoms with Gasteiger partial charge in [-0.2, -0.15) is 0 Å². The molecule has 94 valence electrons. The maximum absolute atomic E-state index is 10.9. The number of carbonyl (C=O) groups is 1. The summed E-state index contributed by atoms with van der Waals surface area (Å²) in [7, 11) is 0. The van der Waals surface area contributed by atoms with Crippen LogP contribution in [0.2, 0.25) is 0 Å². The lowest BCUT2D eigenvalue weighted by atomic mass is 10.3. The zero-order valence-electron chi connectivity index (χ0n) is 10.4. The van der Waals surface area contributed by atoms with E-state index in [4.69, 9.17) is 5.73 Å². The minimum absolute atomic E-state index is 0.239. The van der Waals surface area contributed by atoms with Crippen molar-refractivity contribution in [2.24, 2.45) is 5.73 Å². The van der Waals surface area contributed by atoms with Crippen molar-refractivity contribution in [2.75, 3.05) is 5.75 Å². The first kappa shape index (κ1) is 12.7. The summed E-state index contributed by atoms with van der Waals surface area (Å²) in [6, 6.07) is 9.96. The number of amides is 1. The average Bonchev–Trinajstić information content (AvgIpc) is 2.64. The molecule has 18 heavy (non-hydrogen) atoms. The number of nitrogens with zero attached hydrogens (tertiary/aromatic N) is 2. The van der Waals surface area contributed by atoms with Gasteiger partial charge in [0.15, 0.2) is 5.16 Å². The third-order valence-electron chi connectivity index (χ3n) is 2.67. The lowest BCUT2D eigenvalue weighted by Gasteiger charge is -2.09. The Labute approximate surface area is 110 Å². The van der Waals surface area contributed by atoms with Crippen LogP contribution >= 0.6 is 11.8 Å². The summed E-state index contributed by atoms with van der Waals surface area (Å²) in [5.74, 6) is -0.0964. The molecular weight excluding hydrogens is 246 g/mol. The van der Waals surface area contributed by atoms with Gasteiger partial charge in [0, 0.05) is 11.4 Å². The molecule has 1 aromatic carbocycles. The molecule has 4 nitrogen and oxygen atoms in total. The number of primary amides is 1. The molecule has 0 saturated carbocycles. The summed E-state index contributed by atoms with van der Waals surface area (Å²) < 4.78 is 2.04. The molecule has 0 atom stereocenters. The number of carbonyl (C=O) groups excluding carboxylic acids is 1. The van der Waals surface area contributed by atoms with Crippen LogP contribution < -0.4 is 5.73 Å². The van der Waals surface area contributed by atoms with Gasteiger partial charge in [0.05, 0.1) is 11.4 Å². The Morgan fingerprint density at radius 1 is 1.33 bits per heavy atom. The molecule has 0 unspecified atom stereocenters. The fourth-order valence-electron chi connectivity index (χ4n) is 1.69. The predicted molar refractivity (Wildman–Crippen MR) is 73.0 cm³/mol. The van der Waals surface area contributed by atoms with E-state index in [1.165, 1.54) is 11.8 Å². The molecule has 0 fully saturated rings. The normalized spacial score (nSPS) is 10.6. The molecule has 0 radical (unpaired) electrons. The molecular formula is C13H15N3OS. The van der Waals surface area contributed by atoms with Gasteiger partial charge in [0.25, 0.3) is 0 Å². The summed E-state index contributed by atoms with van der Waals surface area (Å²) >= 11 is 1.36. The molecule has 2 rings (SSSR count). The van der Waals surface area contributed by atoms with Crippen LogP contribution in [0.5, 0.6) is 0 Å². The van der Waals surface area contributed by atoms with Crippen LogP contribution in [0, 0.1) is 13.8 Å². The Morgan fingerprint density at radius 3 is 2.61 bits per heavy atom. The molecule has 2 N–H and O–H groups in total. The highest BCUT2D eigenvalue weighted by molar-refractivity contribution is 7.99. The Hall–Kier alpha value is -1.75. The van der Waals surface area contributed by atoms with Crippen LogP contribution in [0.3, 0.4) is 0 Å². The largest absolute Gasteiger partial charge is 0.369 e. The molecule has 0 spiro atoms. The molecule has 1 amide bonds. The van der Waals surface area contributed by atoms with Gasteiger partial charge in [-0.3, -0.25) is 9.36 Å². The maximum atomic E-state index is 10.9. The number of aryl methyl sites for hydroxylation is 1. The molecule has 0 bridgehead atoms. The monoisotopic (exact) mass is 261 g/mol. The van der Waals surface area contributed by atoms with E-state index in [1.807, 2.05) is 48.7 Å². The van der Waals surface area contributed by atoms with Crippen molar-refractivity contribution in [3.63, 3.8) is 0 Å². The SMILES string of the molecule is Cc1nc(SCC(N)=O)n(-c2ccccc2)c1C. The van der Waals surface area contributed by atoms with Gasteiger partial charge in [0.1, 0.15) is 0 Å². The lowest BCUT2D eigenvalue weighted by molar-refractivity contribution is -0.115. The summed E-state index contributed by atoms with van der Waals surface area (Å²) in [5.41, 5.74) is 8.26. The topological polar surface area (TPSA) is 60.9 Å². The van der Waals surface area contributed by atoms with Gasteiger partial charge in [-0.05, 0) is 26.0 Å². The summed E-state index contributed by atoms with van der Waals surface area (Å²) in [5, 5.41) is 0.801. The van der Waals surface area contributed by atoms with Crippen molar-refractivity contribution in [3.05, 3.63) is 41.7 Å². The molecule has 1 aromatic heterocycles. The van der Waals surface area contributed by atoms with E-state index in [2.05, 4.69) is 4.98 Å². The number of hydrogen-bond acceptors (Lipinski definition) is 3. The number of nitrogens with two attached hydrogens (primary N) is 1. The standard InChI is InChI=1S/C13H15N3OS/c1-9-10(2)16(11-6-4-3-5-7-11)13(15-9)18-8-12(14)17/h3-7H,8H2,1-2H3,(H2,14,17). The average molecular weight is 261 g/mol. The van der Waals surface area contributed by atoms with Gasteiger partial charge >= 0.3 is 0 Å². The highest BCUT2D eigenvalue weighted by atomic mass is 32.2. The fraction of sp³-hybridized carbons (Fsp3) is 0.231. The van der Waals surface area contributed by atoms with Crippen molar-refractivity contribution in [2.45, 2.75) is 19.0 Å². The number of thioether (sulfide) groups is 1. The second kappa shape index (κ2) is 5.27. The summed E-state index contributed by atoms with van der Waals surface area (Å²) in [4.78, 5) is 15.4. The molecule has 0 aliphatic rings. The van der Waals surface area contributed by atoms with Crippen molar-refractivity contribution >= 4 is 17.7 Å². The van der Waals surface area contributed by atoms with Crippen LogP contribution in [-0.2, 0) is 4.79 Å². The van der Waals surface area contributed by atoms with Crippen LogP contribution in [0.15, 0.2) is 35.5 Å². The minimum Gasteiger partial charge on any atom is -0.369 e. The first-order valence-corrected chi connectivity index (χ1v) is 6.60. The van der Waals surface area contributed by atoms with Crippen LogP contribution in [-0.4, -0.2) is 21.2 Å². The molecule has 1 heterocycles. The maximum Gasteiger partial charge on any atom is 0.227 e. The van der Waals surface area contributed by atoms with Gasteiger partial charge < -0.3 is 5.73 Å². The zero-order valence-corrected chi connectivity index (χ0v) is 11.2. The van der Waals surface area contributed by atoms with E-state index in [0.717, 1.165) is 22.2 Å². The Kier molecular flexibility index (Phi) is 3.72. The van der Waals surface area contributed by atoms with E-state index in [1.54, 1.807) is 0 Å². The number of benzene rings is 1. The van der Waals surface area contributed by atoms with Crippen LogP contribution in [0.25, 0.3) is 5.69 Å². The summed E-state index contributed by atoms with van der Waals surface area (Å²) in [6.45, 7) is 3.98. The Bertz CT molecular complexity index is 563. The fourth-order valence-corrected chi connectivity index (χ4v) is 2.54. The van der Waals surface area contributed by atoms with Crippen LogP contribution in [0.1, 0.15) is 11.4 Å². The molecule has 2 aromatic rings. The van der Waals surface area contributed by atoms with E-state index in [-0.39, 0.29) is 11.7 Å². The first-order valence-electron chi connectivity index (χ1n) is 5.62. The van der Waals surface area contributed by atoms with Crippen molar-refractivity contribution < 1.29 is 4.79 Å². The zero-order chi connectivity index (χ0) is 13.1. The number of aromatic nitrogens is 2. The van der Waals surface area contributed by atoms with E-state index in [9.17, 15) is 4.79 Å². The Balaban J connectivity index is 2.42. The molecule has 5 heteroatoms. The van der Waals surface area contributed by atoms with E-state index >= 15 is 0 Å². The van der Waals surface area contributed by atoms with Gasteiger partial charge in [-0.25, -0.2) is 4.98 Å². The number of imidazole rings is 1. The highest BCUT2D eigenvalue weighted by Crippen LogP contribution is 2.24. The van der Waals surface area contributed by atoms with Crippen molar-refractivity contribution in [1.82, 2.24) is 9.55 Å². The quantitative estimate of drug-likeness (QED) is 0.857. The third kappa shape index (κ3) is 2.56. The number of rotatable bonds is 4. The van der Waals surface area contributed by atoms with Gasteiger partial charge in [-0.1, -0.05) is 30.0 Å². The van der Waals surface area contributed by atoms with E-state index < -0.39 is 0 Å². The van der Waals surface area contributed by atoms with Gasteiger partial charge in [0.2, 0.25) is 5.91 Å². The second-order valence-corrected chi connectivity index (χ2v) is 4.93. The first-order chi connectivity index (χ1) is 8.59. The van der Waals surface area contributed by atoms with Crippen LogP contribution in [0.4, 0.5) is 0 Å². The molecule has 0 aliphatic heterocycles. The second-order valence-electron chi connectivity index (χ2n) is 3.99. The van der Waals surface area contributed by atoms with Crippen molar-refractivity contribution in [1.29, 1.82) is 0 Å². The number of para-hydroxylation sites is 1. The highest BCUT2D eigenvalue weighted by Gasteiger charge is 2.13. The van der Waals surface area contributed by atoms with Gasteiger partial charge in [-0.15, -0.1) is 0 Å². The third-order valence-corrected chi connectivity index (χ3v) is 3.63. The minimum atomic E-state index is -0.335. The summed E-state index contributed by atoms with van der Waals surface area (Å²) in [6.07, 6.45) is 0. The Morgan fingerprint density at radius 2 is 2.00 bits per heavy atom. The smallest absolute Gasteiger partial charge is 0.227 e. The number of hydrogen-bond donors (Lipinski definition) is 1. The molecule has 0 aliphatic carbocycles. The van der Waals surface area contributed by atoms with E-state index in [0.29, 0.717) is 0 Å². The molecule has 0 saturated heterocycles.